The zero-order valence-electron chi connectivity index (χ0n) is 11.6. The number of thiazole rings is 1. The first-order valence-corrected chi connectivity index (χ1v) is 7.35. The summed E-state index contributed by atoms with van der Waals surface area (Å²) in [5.41, 5.74) is 1.50. The molecule has 2 aromatic heterocycles. The third kappa shape index (κ3) is 4.00. The van der Waals surface area contributed by atoms with Crippen molar-refractivity contribution in [3.8, 4) is 5.75 Å². The second-order valence-electron chi connectivity index (χ2n) is 4.21. The standard InChI is InChI=1S/C14H18N2O3S/c1-3-18-10(2)14-16-12(9-20-14)8-19-13-5-4-11(7-17)15-6-13/h4-6,9-10,17H,3,7-8H2,1-2H3. The van der Waals surface area contributed by atoms with Crippen molar-refractivity contribution in [1.82, 2.24) is 9.97 Å². The zero-order valence-corrected chi connectivity index (χ0v) is 12.4. The molecule has 2 rings (SSSR count). The van der Waals surface area contributed by atoms with Gasteiger partial charge in [0.25, 0.3) is 0 Å². The molecule has 1 N–H and O–H groups in total. The highest BCUT2D eigenvalue weighted by Gasteiger charge is 2.10. The molecule has 0 bridgehead atoms. The molecule has 2 aromatic rings. The van der Waals surface area contributed by atoms with Crippen molar-refractivity contribution < 1.29 is 14.6 Å². The monoisotopic (exact) mass is 294 g/mol. The van der Waals surface area contributed by atoms with Crippen molar-refractivity contribution in [1.29, 1.82) is 0 Å². The predicted octanol–water partition coefficient (Wildman–Crippen LogP) is 2.71. The van der Waals surface area contributed by atoms with Gasteiger partial charge in [0, 0.05) is 12.0 Å². The van der Waals surface area contributed by atoms with Gasteiger partial charge in [0.2, 0.25) is 0 Å². The number of aliphatic hydroxyl groups is 1. The van der Waals surface area contributed by atoms with Gasteiger partial charge in [-0.25, -0.2) is 4.98 Å². The molecule has 0 saturated heterocycles. The highest BCUT2D eigenvalue weighted by molar-refractivity contribution is 7.09. The first kappa shape index (κ1) is 14.9. The van der Waals surface area contributed by atoms with E-state index in [1.165, 1.54) is 0 Å². The second kappa shape index (κ2) is 7.33. The van der Waals surface area contributed by atoms with Gasteiger partial charge in [0.1, 0.15) is 23.5 Å². The summed E-state index contributed by atoms with van der Waals surface area (Å²) in [4.78, 5) is 8.54. The number of hydrogen-bond acceptors (Lipinski definition) is 6. The smallest absolute Gasteiger partial charge is 0.138 e. The number of aliphatic hydroxyl groups excluding tert-OH is 1. The van der Waals surface area contributed by atoms with Crippen LogP contribution in [-0.2, 0) is 18.0 Å². The largest absolute Gasteiger partial charge is 0.486 e. The number of pyridine rings is 1. The Morgan fingerprint density at radius 1 is 1.35 bits per heavy atom. The van der Waals surface area contributed by atoms with Gasteiger partial charge in [-0.05, 0) is 26.0 Å². The molecular formula is C14H18N2O3S. The van der Waals surface area contributed by atoms with E-state index in [1.807, 2.05) is 19.2 Å². The molecule has 0 spiro atoms. The van der Waals surface area contributed by atoms with Gasteiger partial charge in [-0.15, -0.1) is 11.3 Å². The van der Waals surface area contributed by atoms with Crippen molar-refractivity contribution in [2.45, 2.75) is 33.2 Å². The molecule has 0 aromatic carbocycles. The molecule has 0 aliphatic carbocycles. The van der Waals surface area contributed by atoms with Crippen molar-refractivity contribution in [2.75, 3.05) is 6.61 Å². The molecule has 0 saturated carbocycles. The van der Waals surface area contributed by atoms with Crippen LogP contribution in [-0.4, -0.2) is 21.7 Å². The number of ether oxygens (including phenoxy) is 2. The van der Waals surface area contributed by atoms with E-state index in [1.54, 1.807) is 29.7 Å². The van der Waals surface area contributed by atoms with Gasteiger partial charge in [0.05, 0.1) is 24.2 Å². The predicted molar refractivity (Wildman–Crippen MR) is 76.6 cm³/mol. The van der Waals surface area contributed by atoms with Crippen LogP contribution in [0.25, 0.3) is 0 Å². The van der Waals surface area contributed by atoms with E-state index in [0.717, 1.165) is 10.7 Å². The SMILES string of the molecule is CCOC(C)c1nc(COc2ccc(CO)nc2)cs1. The van der Waals surface area contributed by atoms with E-state index in [2.05, 4.69) is 9.97 Å². The van der Waals surface area contributed by atoms with Crippen LogP contribution in [0.5, 0.6) is 5.75 Å². The van der Waals surface area contributed by atoms with Crippen LogP contribution in [0.3, 0.4) is 0 Å². The maximum Gasteiger partial charge on any atom is 0.138 e. The van der Waals surface area contributed by atoms with Gasteiger partial charge >= 0.3 is 0 Å². The molecule has 2 heterocycles. The van der Waals surface area contributed by atoms with Gasteiger partial charge in [-0.1, -0.05) is 0 Å². The van der Waals surface area contributed by atoms with Crippen molar-refractivity contribution in [3.05, 3.63) is 40.1 Å². The number of hydrogen-bond donors (Lipinski definition) is 1. The van der Waals surface area contributed by atoms with Crippen LogP contribution in [0.1, 0.15) is 36.3 Å². The zero-order chi connectivity index (χ0) is 14.4. The number of nitrogens with zero attached hydrogens (tertiary/aromatic N) is 2. The van der Waals surface area contributed by atoms with E-state index >= 15 is 0 Å². The van der Waals surface area contributed by atoms with Gasteiger partial charge < -0.3 is 14.6 Å². The van der Waals surface area contributed by atoms with E-state index in [4.69, 9.17) is 14.6 Å². The lowest BCUT2D eigenvalue weighted by molar-refractivity contribution is 0.0760. The Balaban J connectivity index is 1.90. The minimum absolute atomic E-state index is 0.0178. The summed E-state index contributed by atoms with van der Waals surface area (Å²) in [5, 5.41) is 11.8. The van der Waals surface area contributed by atoms with Crippen LogP contribution in [0.15, 0.2) is 23.7 Å². The summed E-state index contributed by atoms with van der Waals surface area (Å²) in [5.74, 6) is 0.662. The van der Waals surface area contributed by atoms with E-state index in [-0.39, 0.29) is 12.7 Å². The van der Waals surface area contributed by atoms with Crippen LogP contribution >= 0.6 is 11.3 Å². The van der Waals surface area contributed by atoms with Crippen LogP contribution in [0.4, 0.5) is 0 Å². The fourth-order valence-corrected chi connectivity index (χ4v) is 2.45. The highest BCUT2D eigenvalue weighted by atomic mass is 32.1. The third-order valence-corrected chi connectivity index (χ3v) is 3.73. The normalized spacial score (nSPS) is 12.3. The van der Waals surface area contributed by atoms with Gasteiger partial charge in [0.15, 0.2) is 0 Å². The average molecular weight is 294 g/mol. The Hall–Kier alpha value is -1.50. The van der Waals surface area contributed by atoms with Gasteiger partial charge in [-0.2, -0.15) is 0 Å². The molecule has 0 aliphatic rings. The van der Waals surface area contributed by atoms with Crippen LogP contribution in [0.2, 0.25) is 0 Å². The number of rotatable bonds is 7. The van der Waals surface area contributed by atoms with Crippen LogP contribution in [0, 0.1) is 0 Å². The fraction of sp³-hybridized carbons (Fsp3) is 0.429. The second-order valence-corrected chi connectivity index (χ2v) is 5.10. The molecule has 108 valence electrons. The molecule has 1 atom stereocenters. The van der Waals surface area contributed by atoms with E-state index < -0.39 is 0 Å². The molecule has 0 fully saturated rings. The van der Waals surface area contributed by atoms with Crippen molar-refractivity contribution in [3.63, 3.8) is 0 Å². The maximum atomic E-state index is 8.91. The summed E-state index contributed by atoms with van der Waals surface area (Å²) in [6.45, 7) is 4.97. The minimum Gasteiger partial charge on any atom is -0.486 e. The minimum atomic E-state index is -0.0644. The number of aromatic nitrogens is 2. The lowest BCUT2D eigenvalue weighted by atomic mass is 10.3. The Labute approximate surface area is 122 Å². The van der Waals surface area contributed by atoms with E-state index in [9.17, 15) is 0 Å². The van der Waals surface area contributed by atoms with E-state index in [0.29, 0.717) is 24.7 Å². The van der Waals surface area contributed by atoms with Crippen molar-refractivity contribution in [2.24, 2.45) is 0 Å². The summed E-state index contributed by atoms with van der Waals surface area (Å²) >= 11 is 1.57. The lowest BCUT2D eigenvalue weighted by Crippen LogP contribution is -2.01. The maximum absolute atomic E-state index is 8.91. The molecule has 20 heavy (non-hydrogen) atoms. The van der Waals surface area contributed by atoms with Crippen molar-refractivity contribution >= 4 is 11.3 Å². The molecule has 0 radical (unpaired) electrons. The molecule has 6 heteroatoms. The molecular weight excluding hydrogens is 276 g/mol. The molecule has 0 aliphatic heterocycles. The summed E-state index contributed by atoms with van der Waals surface area (Å²) in [6, 6.07) is 3.52. The fourth-order valence-electron chi connectivity index (χ4n) is 1.64. The molecule has 1 unspecified atom stereocenters. The Bertz CT molecular complexity index is 527. The topological polar surface area (TPSA) is 64.5 Å². The summed E-state index contributed by atoms with van der Waals surface area (Å²) < 4.78 is 11.1. The summed E-state index contributed by atoms with van der Waals surface area (Å²) in [6.07, 6.45) is 1.62. The molecule has 5 nitrogen and oxygen atoms in total. The average Bonchev–Trinajstić information content (AvgIpc) is 2.95. The Morgan fingerprint density at radius 2 is 2.20 bits per heavy atom. The molecule has 0 amide bonds. The first-order valence-electron chi connectivity index (χ1n) is 6.47. The Kier molecular flexibility index (Phi) is 5.46. The lowest BCUT2D eigenvalue weighted by Gasteiger charge is -2.07. The summed E-state index contributed by atoms with van der Waals surface area (Å²) in [7, 11) is 0. The third-order valence-electron chi connectivity index (χ3n) is 2.68. The quantitative estimate of drug-likeness (QED) is 0.850. The van der Waals surface area contributed by atoms with Gasteiger partial charge in [-0.3, -0.25) is 4.98 Å². The van der Waals surface area contributed by atoms with Crippen LogP contribution < -0.4 is 4.74 Å². The highest BCUT2D eigenvalue weighted by Crippen LogP contribution is 2.22. The Morgan fingerprint density at radius 3 is 2.85 bits per heavy atom. The first-order chi connectivity index (χ1) is 9.72.